The van der Waals surface area contributed by atoms with Crippen LogP contribution in [0.5, 0.6) is 0 Å². The lowest BCUT2D eigenvalue weighted by Crippen LogP contribution is -2.50. The molecule has 0 bridgehead atoms. The van der Waals surface area contributed by atoms with Crippen molar-refractivity contribution >= 4 is 17.6 Å². The summed E-state index contributed by atoms with van der Waals surface area (Å²) in [6.07, 6.45) is 3.13. The zero-order valence-electron chi connectivity index (χ0n) is 18.3. The Morgan fingerprint density at radius 1 is 0.969 bits per heavy atom. The first-order valence-corrected chi connectivity index (χ1v) is 11.5. The fourth-order valence-corrected chi connectivity index (χ4v) is 4.67. The molecule has 0 aliphatic carbocycles. The van der Waals surface area contributed by atoms with Gasteiger partial charge in [-0.2, -0.15) is 0 Å². The molecule has 0 spiro atoms. The Kier molecular flexibility index (Phi) is 7.37. The molecule has 32 heavy (non-hydrogen) atoms. The van der Waals surface area contributed by atoms with Gasteiger partial charge < -0.3 is 20.4 Å². The van der Waals surface area contributed by atoms with Gasteiger partial charge in [-0.25, -0.2) is 9.18 Å². The van der Waals surface area contributed by atoms with Crippen molar-refractivity contribution in [2.24, 2.45) is 5.92 Å². The summed E-state index contributed by atoms with van der Waals surface area (Å²) in [6, 6.07) is 15.7. The number of piperidine rings is 1. The minimum absolute atomic E-state index is 0.0199. The number of nitrogens with zero attached hydrogens (tertiary/aromatic N) is 2. The van der Waals surface area contributed by atoms with Crippen LogP contribution < -0.4 is 10.6 Å². The maximum Gasteiger partial charge on any atom is 0.321 e. The number of carbonyl (C=O) groups is 2. The van der Waals surface area contributed by atoms with Crippen molar-refractivity contribution in [2.45, 2.75) is 25.2 Å². The van der Waals surface area contributed by atoms with E-state index < -0.39 is 5.82 Å². The van der Waals surface area contributed by atoms with E-state index in [1.54, 1.807) is 17.0 Å². The van der Waals surface area contributed by atoms with E-state index in [1.165, 1.54) is 25.0 Å². The molecule has 6 nitrogen and oxygen atoms in total. The average molecular weight is 439 g/mol. The first-order chi connectivity index (χ1) is 15.6. The van der Waals surface area contributed by atoms with Crippen molar-refractivity contribution < 1.29 is 14.0 Å². The highest BCUT2D eigenvalue weighted by Gasteiger charge is 2.34. The van der Waals surface area contributed by atoms with E-state index in [9.17, 15) is 14.0 Å². The SMILES string of the molecule is O=C(NCCN1CCCC1)[C@H]1C[C@@H](c2ccccc2)CN(C(=O)Nc2ccccc2F)C1. The summed E-state index contributed by atoms with van der Waals surface area (Å²) in [5, 5.41) is 5.74. The molecule has 2 saturated heterocycles. The summed E-state index contributed by atoms with van der Waals surface area (Å²) in [4.78, 5) is 29.9. The van der Waals surface area contributed by atoms with Crippen LogP contribution in [0.4, 0.5) is 14.9 Å². The van der Waals surface area contributed by atoms with Gasteiger partial charge in [0, 0.05) is 32.1 Å². The van der Waals surface area contributed by atoms with Gasteiger partial charge in [0.2, 0.25) is 5.91 Å². The highest BCUT2D eigenvalue weighted by molar-refractivity contribution is 5.90. The van der Waals surface area contributed by atoms with Crippen LogP contribution in [0.25, 0.3) is 0 Å². The average Bonchev–Trinajstić information content (AvgIpc) is 3.34. The number of amides is 3. The van der Waals surface area contributed by atoms with E-state index in [-0.39, 0.29) is 29.5 Å². The van der Waals surface area contributed by atoms with Crippen LogP contribution in [0.1, 0.15) is 30.7 Å². The first kappa shape index (κ1) is 22.3. The van der Waals surface area contributed by atoms with E-state index in [4.69, 9.17) is 0 Å². The lowest BCUT2D eigenvalue weighted by molar-refractivity contribution is -0.126. The minimum atomic E-state index is -0.478. The van der Waals surface area contributed by atoms with E-state index in [2.05, 4.69) is 15.5 Å². The van der Waals surface area contributed by atoms with E-state index in [1.807, 2.05) is 30.3 Å². The van der Waals surface area contributed by atoms with Crippen LogP contribution in [-0.2, 0) is 4.79 Å². The third-order valence-electron chi connectivity index (χ3n) is 6.42. The van der Waals surface area contributed by atoms with Crippen molar-refractivity contribution in [3.8, 4) is 0 Å². The van der Waals surface area contributed by atoms with Gasteiger partial charge in [-0.05, 0) is 50.0 Å². The van der Waals surface area contributed by atoms with Crippen molar-refractivity contribution in [3.63, 3.8) is 0 Å². The largest absolute Gasteiger partial charge is 0.355 e. The normalized spacial score (nSPS) is 21.3. The molecular formula is C25H31FN4O2. The lowest BCUT2D eigenvalue weighted by atomic mass is 9.84. The van der Waals surface area contributed by atoms with E-state index in [0.717, 1.165) is 25.2 Å². The van der Waals surface area contributed by atoms with Gasteiger partial charge in [0.25, 0.3) is 0 Å². The Bertz CT molecular complexity index is 917. The zero-order valence-corrected chi connectivity index (χ0v) is 18.3. The molecule has 2 aromatic rings. The molecule has 7 heteroatoms. The maximum atomic E-state index is 14.0. The van der Waals surface area contributed by atoms with Gasteiger partial charge in [-0.15, -0.1) is 0 Å². The molecule has 2 aromatic carbocycles. The van der Waals surface area contributed by atoms with Crippen LogP contribution in [0.3, 0.4) is 0 Å². The predicted molar refractivity (Wildman–Crippen MR) is 123 cm³/mol. The third kappa shape index (κ3) is 5.65. The number of hydrogen-bond donors (Lipinski definition) is 2. The van der Waals surface area contributed by atoms with Crippen molar-refractivity contribution in [3.05, 3.63) is 66.0 Å². The summed E-state index contributed by atoms with van der Waals surface area (Å²) in [6.45, 7) is 4.48. The van der Waals surface area contributed by atoms with Crippen LogP contribution in [-0.4, -0.2) is 61.0 Å². The molecular weight excluding hydrogens is 407 g/mol. The molecule has 0 unspecified atom stereocenters. The smallest absolute Gasteiger partial charge is 0.321 e. The standard InChI is InChI=1S/C25H31FN4O2/c26-22-10-4-5-11-23(22)28-25(32)30-17-20(19-8-2-1-3-9-19)16-21(18-30)24(31)27-12-15-29-13-6-7-14-29/h1-5,8-11,20-21H,6-7,12-18H2,(H,27,31)(H,28,32)/t20-,21+/m1/s1. The number of benzene rings is 2. The highest BCUT2D eigenvalue weighted by Crippen LogP contribution is 2.31. The van der Waals surface area contributed by atoms with Crippen LogP contribution >= 0.6 is 0 Å². The van der Waals surface area contributed by atoms with E-state index >= 15 is 0 Å². The van der Waals surface area contributed by atoms with Gasteiger partial charge in [-0.3, -0.25) is 4.79 Å². The molecule has 4 rings (SSSR count). The summed E-state index contributed by atoms with van der Waals surface area (Å²) in [5.74, 6) is -0.758. The molecule has 2 N–H and O–H groups in total. The minimum Gasteiger partial charge on any atom is -0.355 e. The van der Waals surface area contributed by atoms with Crippen molar-refractivity contribution in [2.75, 3.05) is 44.6 Å². The van der Waals surface area contributed by atoms with Gasteiger partial charge in [0.1, 0.15) is 5.82 Å². The number of hydrogen-bond acceptors (Lipinski definition) is 3. The molecule has 170 valence electrons. The molecule has 0 radical (unpaired) electrons. The molecule has 3 amide bonds. The molecule has 2 atom stereocenters. The monoisotopic (exact) mass is 438 g/mol. The fourth-order valence-electron chi connectivity index (χ4n) is 4.67. The third-order valence-corrected chi connectivity index (χ3v) is 6.42. The summed E-state index contributed by atoms with van der Waals surface area (Å²) >= 11 is 0. The molecule has 2 aliphatic heterocycles. The Balaban J connectivity index is 1.43. The first-order valence-electron chi connectivity index (χ1n) is 11.5. The Morgan fingerprint density at radius 2 is 1.69 bits per heavy atom. The van der Waals surface area contributed by atoms with Gasteiger partial charge >= 0.3 is 6.03 Å². The fraction of sp³-hybridized carbons (Fsp3) is 0.440. The van der Waals surface area contributed by atoms with Gasteiger partial charge in [-0.1, -0.05) is 42.5 Å². The Hall–Kier alpha value is -2.93. The maximum absolute atomic E-state index is 14.0. The van der Waals surface area contributed by atoms with Crippen LogP contribution in [0.15, 0.2) is 54.6 Å². The quantitative estimate of drug-likeness (QED) is 0.723. The topological polar surface area (TPSA) is 64.7 Å². The molecule has 2 fully saturated rings. The second kappa shape index (κ2) is 10.6. The zero-order chi connectivity index (χ0) is 22.3. The highest BCUT2D eigenvalue weighted by atomic mass is 19.1. The lowest BCUT2D eigenvalue weighted by Gasteiger charge is -2.37. The number of urea groups is 1. The molecule has 2 heterocycles. The second-order valence-electron chi connectivity index (χ2n) is 8.69. The number of halogens is 1. The summed E-state index contributed by atoms with van der Waals surface area (Å²) in [7, 11) is 0. The number of nitrogens with one attached hydrogen (secondary N) is 2. The van der Waals surface area contributed by atoms with Gasteiger partial charge in [0.05, 0.1) is 11.6 Å². The predicted octanol–water partition coefficient (Wildman–Crippen LogP) is 3.68. The van der Waals surface area contributed by atoms with Crippen molar-refractivity contribution in [1.29, 1.82) is 0 Å². The Morgan fingerprint density at radius 3 is 2.44 bits per heavy atom. The summed E-state index contributed by atoms with van der Waals surface area (Å²) < 4.78 is 14.0. The van der Waals surface area contributed by atoms with Crippen LogP contribution in [0, 0.1) is 11.7 Å². The number of likely N-dealkylation sites (tertiary alicyclic amines) is 2. The number of para-hydroxylation sites is 1. The number of anilines is 1. The molecule has 2 aliphatic rings. The number of rotatable bonds is 6. The van der Waals surface area contributed by atoms with Crippen LogP contribution in [0.2, 0.25) is 0 Å². The van der Waals surface area contributed by atoms with Crippen molar-refractivity contribution in [1.82, 2.24) is 15.1 Å². The Labute approximate surface area is 188 Å². The van der Waals surface area contributed by atoms with Gasteiger partial charge in [0.15, 0.2) is 0 Å². The number of carbonyl (C=O) groups excluding carboxylic acids is 2. The summed E-state index contributed by atoms with van der Waals surface area (Å²) in [5.41, 5.74) is 1.25. The molecule has 0 aromatic heterocycles. The molecule has 0 saturated carbocycles. The second-order valence-corrected chi connectivity index (χ2v) is 8.69. The van der Waals surface area contributed by atoms with E-state index in [0.29, 0.717) is 26.1 Å².